The molecule has 10 heteroatoms. The SMILES string of the molecule is CCc1c(-c2nnc(SCC(=O)Nc3sc4c(c3C(=O)OC)CCCC4)n2C(C)C)csc1C. The van der Waals surface area contributed by atoms with Gasteiger partial charge in [0.25, 0.3) is 0 Å². The van der Waals surface area contributed by atoms with Crippen LogP contribution in [0.2, 0.25) is 0 Å². The molecule has 1 aliphatic rings. The highest BCUT2D eigenvalue weighted by Gasteiger charge is 2.27. The molecule has 1 amide bonds. The lowest BCUT2D eigenvalue weighted by Gasteiger charge is -2.14. The average molecular weight is 519 g/mol. The quantitative estimate of drug-likeness (QED) is 0.294. The predicted octanol–water partition coefficient (Wildman–Crippen LogP) is 5.92. The molecule has 0 saturated heterocycles. The van der Waals surface area contributed by atoms with E-state index in [2.05, 4.69) is 53.2 Å². The first-order chi connectivity index (χ1) is 16.3. The smallest absolute Gasteiger partial charge is 0.341 e. The van der Waals surface area contributed by atoms with Crippen LogP contribution in [0, 0.1) is 6.92 Å². The summed E-state index contributed by atoms with van der Waals surface area (Å²) >= 11 is 4.59. The number of carbonyl (C=O) groups excluding carboxylic acids is 2. The average Bonchev–Trinajstić information content (AvgIpc) is 3.51. The number of hydrogen-bond acceptors (Lipinski definition) is 8. The largest absolute Gasteiger partial charge is 0.465 e. The molecule has 0 fully saturated rings. The lowest BCUT2D eigenvalue weighted by Crippen LogP contribution is -2.17. The summed E-state index contributed by atoms with van der Waals surface area (Å²) in [5.41, 5.74) is 3.97. The monoisotopic (exact) mass is 518 g/mol. The van der Waals surface area contributed by atoms with Gasteiger partial charge in [0, 0.05) is 26.7 Å². The number of thiophene rings is 2. The lowest BCUT2D eigenvalue weighted by molar-refractivity contribution is -0.113. The van der Waals surface area contributed by atoms with E-state index in [4.69, 9.17) is 4.74 Å². The third kappa shape index (κ3) is 4.81. The van der Waals surface area contributed by atoms with Gasteiger partial charge in [0.15, 0.2) is 11.0 Å². The number of ether oxygens (including phenoxy) is 1. The Hall–Kier alpha value is -2.17. The summed E-state index contributed by atoms with van der Waals surface area (Å²) in [4.78, 5) is 27.8. The number of aromatic nitrogens is 3. The van der Waals surface area contributed by atoms with E-state index >= 15 is 0 Å². The molecule has 0 spiro atoms. The van der Waals surface area contributed by atoms with E-state index in [1.54, 1.807) is 11.3 Å². The zero-order chi connectivity index (χ0) is 24.4. The Morgan fingerprint density at radius 3 is 2.74 bits per heavy atom. The lowest BCUT2D eigenvalue weighted by atomic mass is 9.95. The highest BCUT2D eigenvalue weighted by atomic mass is 32.2. The summed E-state index contributed by atoms with van der Waals surface area (Å²) in [6, 6.07) is 0.149. The van der Waals surface area contributed by atoms with E-state index in [-0.39, 0.29) is 23.7 Å². The van der Waals surface area contributed by atoms with E-state index in [1.165, 1.54) is 45.5 Å². The molecule has 34 heavy (non-hydrogen) atoms. The topological polar surface area (TPSA) is 86.1 Å². The molecule has 3 aromatic rings. The third-order valence-electron chi connectivity index (χ3n) is 6.03. The van der Waals surface area contributed by atoms with Crippen molar-refractivity contribution in [2.45, 2.75) is 71.0 Å². The van der Waals surface area contributed by atoms with Crippen molar-refractivity contribution in [1.29, 1.82) is 0 Å². The maximum absolute atomic E-state index is 12.9. The normalized spacial score (nSPS) is 13.2. The van der Waals surface area contributed by atoms with Crippen molar-refractivity contribution >= 4 is 51.3 Å². The first-order valence-corrected chi connectivity index (χ1v) is 14.2. The van der Waals surface area contributed by atoms with Crippen LogP contribution in [0.1, 0.15) is 70.9 Å². The van der Waals surface area contributed by atoms with Crippen molar-refractivity contribution in [3.8, 4) is 11.4 Å². The van der Waals surface area contributed by atoms with Crippen molar-refractivity contribution in [3.63, 3.8) is 0 Å². The number of carbonyl (C=O) groups is 2. The number of anilines is 1. The number of nitrogens with zero attached hydrogens (tertiary/aromatic N) is 3. The number of methoxy groups -OCH3 is 1. The molecule has 0 aliphatic heterocycles. The van der Waals surface area contributed by atoms with Gasteiger partial charge in [-0.2, -0.15) is 0 Å². The molecule has 0 saturated carbocycles. The summed E-state index contributed by atoms with van der Waals surface area (Å²) in [7, 11) is 1.38. The molecule has 0 aromatic carbocycles. The van der Waals surface area contributed by atoms with E-state index < -0.39 is 0 Å². The van der Waals surface area contributed by atoms with Crippen molar-refractivity contribution in [2.75, 3.05) is 18.2 Å². The molecule has 7 nitrogen and oxygen atoms in total. The molecular formula is C24H30N4O3S3. The maximum Gasteiger partial charge on any atom is 0.341 e. The summed E-state index contributed by atoms with van der Waals surface area (Å²) in [6.07, 6.45) is 4.88. The van der Waals surface area contributed by atoms with Crippen LogP contribution in [-0.4, -0.2) is 39.5 Å². The first kappa shape index (κ1) is 24.9. The number of rotatable bonds is 8. The molecule has 3 aromatic heterocycles. The Kier molecular flexibility index (Phi) is 7.79. The molecule has 0 atom stereocenters. The highest BCUT2D eigenvalue weighted by molar-refractivity contribution is 7.99. The molecule has 0 radical (unpaired) electrons. The second-order valence-electron chi connectivity index (χ2n) is 8.55. The van der Waals surface area contributed by atoms with E-state index in [9.17, 15) is 9.59 Å². The van der Waals surface area contributed by atoms with Crippen LogP contribution in [0.3, 0.4) is 0 Å². The second-order valence-corrected chi connectivity index (χ2v) is 11.7. The van der Waals surface area contributed by atoms with E-state index in [0.29, 0.717) is 15.7 Å². The van der Waals surface area contributed by atoms with Gasteiger partial charge in [-0.1, -0.05) is 18.7 Å². The zero-order valence-corrected chi connectivity index (χ0v) is 22.6. The van der Waals surface area contributed by atoms with Crippen LogP contribution in [-0.2, 0) is 28.8 Å². The number of aryl methyl sites for hydroxylation is 2. The Balaban J connectivity index is 1.53. The fourth-order valence-electron chi connectivity index (χ4n) is 4.40. The number of nitrogens with one attached hydrogen (secondary N) is 1. The van der Waals surface area contributed by atoms with Gasteiger partial charge in [-0.3, -0.25) is 9.36 Å². The standard InChI is InChI=1S/C24H30N4O3S3/c1-6-15-14(4)32-11-17(15)21-26-27-24(28(21)13(2)3)33-12-19(29)25-22-20(23(30)31-5)16-9-7-8-10-18(16)34-22/h11,13H,6-10,12H2,1-5H3,(H,25,29). The molecule has 1 aliphatic carbocycles. The summed E-state index contributed by atoms with van der Waals surface area (Å²) in [5, 5.41) is 15.3. The van der Waals surface area contributed by atoms with Gasteiger partial charge >= 0.3 is 5.97 Å². The van der Waals surface area contributed by atoms with Gasteiger partial charge < -0.3 is 10.1 Å². The van der Waals surface area contributed by atoms with Crippen molar-refractivity contribution in [3.05, 3.63) is 31.8 Å². The Morgan fingerprint density at radius 1 is 1.26 bits per heavy atom. The molecule has 1 N–H and O–H groups in total. The maximum atomic E-state index is 12.9. The van der Waals surface area contributed by atoms with Crippen LogP contribution in [0.15, 0.2) is 10.5 Å². The molecule has 3 heterocycles. The number of amides is 1. The minimum Gasteiger partial charge on any atom is -0.465 e. The van der Waals surface area contributed by atoms with Crippen molar-refractivity contribution in [2.24, 2.45) is 0 Å². The Morgan fingerprint density at radius 2 is 2.03 bits per heavy atom. The van der Waals surface area contributed by atoms with E-state index in [1.807, 2.05) is 0 Å². The van der Waals surface area contributed by atoms with Crippen LogP contribution in [0.4, 0.5) is 5.00 Å². The van der Waals surface area contributed by atoms with Gasteiger partial charge in [0.1, 0.15) is 5.00 Å². The predicted molar refractivity (Wildman–Crippen MR) is 139 cm³/mol. The molecule has 182 valence electrons. The van der Waals surface area contributed by atoms with Gasteiger partial charge in [-0.25, -0.2) is 4.79 Å². The van der Waals surface area contributed by atoms with Crippen LogP contribution in [0.25, 0.3) is 11.4 Å². The molecule has 0 bridgehead atoms. The summed E-state index contributed by atoms with van der Waals surface area (Å²) < 4.78 is 7.11. The van der Waals surface area contributed by atoms with Crippen molar-refractivity contribution < 1.29 is 14.3 Å². The zero-order valence-electron chi connectivity index (χ0n) is 20.2. The third-order valence-corrected chi connectivity index (χ3v) is 9.13. The minimum absolute atomic E-state index is 0.149. The fraction of sp³-hybridized carbons (Fsp3) is 0.500. The van der Waals surface area contributed by atoms with Crippen molar-refractivity contribution in [1.82, 2.24) is 14.8 Å². The Labute approximate surface area is 212 Å². The van der Waals surface area contributed by atoms with Gasteiger partial charge in [-0.15, -0.1) is 32.9 Å². The number of thioether (sulfide) groups is 1. The summed E-state index contributed by atoms with van der Waals surface area (Å²) in [6.45, 7) is 8.48. The van der Waals surface area contributed by atoms with Crippen LogP contribution < -0.4 is 5.32 Å². The van der Waals surface area contributed by atoms with Crippen LogP contribution in [0.5, 0.6) is 0 Å². The molecule has 0 unspecified atom stereocenters. The number of hydrogen-bond donors (Lipinski definition) is 1. The van der Waals surface area contributed by atoms with Gasteiger partial charge in [0.05, 0.1) is 18.4 Å². The van der Waals surface area contributed by atoms with Gasteiger partial charge in [-0.05, 0) is 64.0 Å². The fourth-order valence-corrected chi connectivity index (χ4v) is 7.50. The van der Waals surface area contributed by atoms with E-state index in [0.717, 1.165) is 49.1 Å². The number of esters is 1. The van der Waals surface area contributed by atoms with Gasteiger partial charge in [0.2, 0.25) is 5.91 Å². The minimum atomic E-state index is -0.385. The summed E-state index contributed by atoms with van der Waals surface area (Å²) in [5.74, 6) is 0.466. The Bertz CT molecular complexity index is 1210. The van der Waals surface area contributed by atoms with Crippen LogP contribution >= 0.6 is 34.4 Å². The molecular weight excluding hydrogens is 488 g/mol. The second kappa shape index (κ2) is 10.6. The first-order valence-electron chi connectivity index (χ1n) is 11.5. The molecule has 4 rings (SSSR count). The number of fused-ring (bicyclic) bond motifs is 1. The highest BCUT2D eigenvalue weighted by Crippen LogP contribution is 2.39.